The Morgan fingerprint density at radius 3 is 1.96 bits per heavy atom. The fraction of sp³-hybridized carbons (Fsp3) is 0.673. The van der Waals surface area contributed by atoms with Gasteiger partial charge in [-0.25, -0.2) is 22.6 Å². The van der Waals surface area contributed by atoms with Crippen LogP contribution in [0.4, 0.5) is 10.2 Å². The molecule has 0 unspecified atom stereocenters. The molecule has 4 aliphatic heterocycles. The fourth-order valence-electron chi connectivity index (χ4n) is 17.2. The number of esters is 1. The fourth-order valence-corrected chi connectivity index (χ4v) is 18.6. The molecule has 2 amide bonds. The number of sulfone groups is 1. The number of pyridine rings is 1. The Labute approximate surface area is 778 Å². The second kappa shape index (κ2) is 57.4. The minimum absolute atomic E-state index is 0.0132. The Balaban J connectivity index is 0.676. The number of methoxy groups -OCH3 is 3. The van der Waals surface area contributed by atoms with E-state index in [1.165, 1.54) is 25.0 Å². The highest BCUT2D eigenvalue weighted by molar-refractivity contribution is 7.91. The number of Topliss-reactive ketones (excluding diaryl/α,β-unsaturated/α-hetero) is 3. The van der Waals surface area contributed by atoms with Crippen LogP contribution in [0.25, 0.3) is 11.1 Å². The summed E-state index contributed by atoms with van der Waals surface area (Å²) in [4.78, 5) is 95.5. The summed E-state index contributed by atoms with van der Waals surface area (Å²) < 4.78 is 123. The molecule has 132 heavy (non-hydrogen) atoms. The molecule has 0 spiro atoms. The number of ketones is 3. The molecule has 8 rings (SSSR count). The van der Waals surface area contributed by atoms with E-state index in [1.54, 1.807) is 58.2 Å². The number of benzene rings is 2. The molecule has 2 bridgehead atoms. The molecule has 2 aromatic carbocycles. The van der Waals surface area contributed by atoms with E-state index in [2.05, 4.69) is 10.1 Å². The first kappa shape index (κ1) is 110. The van der Waals surface area contributed by atoms with Gasteiger partial charge in [-0.1, -0.05) is 82.3 Å². The molecule has 16 atom stereocenters. The largest absolute Gasteiger partial charge is 0.491 e. The van der Waals surface area contributed by atoms with Gasteiger partial charge in [0.25, 0.3) is 17.6 Å². The van der Waals surface area contributed by atoms with Crippen LogP contribution >= 0.6 is 0 Å². The van der Waals surface area contributed by atoms with Gasteiger partial charge in [0.05, 0.1) is 148 Å². The number of aliphatic hydroxyl groups excluding tert-OH is 3. The number of fused-ring (bicyclic) bond motifs is 4. The number of carbonyl (C=O) groups is 6. The zero-order valence-corrected chi connectivity index (χ0v) is 80.0. The Morgan fingerprint density at radius 1 is 0.682 bits per heavy atom. The first-order valence-electron chi connectivity index (χ1n) is 46.8. The summed E-state index contributed by atoms with van der Waals surface area (Å²) in [5.41, 5.74) is 9.79. The zero-order valence-electron chi connectivity index (χ0n) is 79.2. The molecular formula is C98H146FN5O27S. The maximum absolute atomic E-state index is 15.8. The predicted octanol–water partition coefficient (Wildman–Crippen LogP) is 10.6. The molecule has 1 aliphatic carbocycles. The summed E-state index contributed by atoms with van der Waals surface area (Å²) in [5, 5.41) is 51.8. The number of oxime groups is 1. The number of hydrogen-bond donors (Lipinski definition) is 5. The lowest BCUT2D eigenvalue weighted by atomic mass is 9.78. The van der Waals surface area contributed by atoms with Gasteiger partial charge in [-0.2, -0.15) is 0 Å². The molecule has 5 aliphatic rings. The lowest BCUT2D eigenvalue weighted by Gasteiger charge is -2.43. The number of hydrogen-bond acceptors (Lipinski definition) is 30. The summed E-state index contributed by atoms with van der Waals surface area (Å²) in [6.45, 7) is 19.9. The molecule has 5 heterocycles. The number of cyclic esters (lactones) is 1. The van der Waals surface area contributed by atoms with E-state index in [9.17, 15) is 57.6 Å². The number of aliphatic hydroxyl groups is 4. The van der Waals surface area contributed by atoms with Crippen LogP contribution in [-0.2, 0) is 107 Å². The van der Waals surface area contributed by atoms with E-state index >= 15 is 4.39 Å². The Kier molecular flexibility index (Phi) is 47.6. The summed E-state index contributed by atoms with van der Waals surface area (Å²) in [6, 6.07) is 10.4. The quantitative estimate of drug-likeness (QED) is 0.0115. The van der Waals surface area contributed by atoms with Gasteiger partial charge in [0, 0.05) is 114 Å². The minimum Gasteiger partial charge on any atom is -0.491 e. The monoisotopic (exact) mass is 1880 g/mol. The van der Waals surface area contributed by atoms with E-state index < -0.39 is 116 Å². The standard InChI is InChI=1S/C98H146FN5O27S/c1-65-19-13-12-14-20-66(2)85(117-9)60-79-28-24-71(7)98(114,131-79)94(110)96(112)104-35-16-15-23-81(104)97(113)130-86(68(4)57-73-25-30-82(107)87(58-73)118-10)61-83(108)67(3)56-70(6)92(109)93(119-11)91(69(5)55-65)102-129-64-78(106)21-17-37-120-40-42-122-44-46-124-48-50-126-52-53-127-51-49-125-47-45-123-43-41-121-38-34-77(105)22-18-54-132(115,116)88-32-29-80(72(8)90(88)99)95(111)103-36-39-128-84-31-26-74(59-76(84)63-103)75-27-33-89(100)101-62-75/h12-14,19-20,26-27,29,31-33,56,59,62,65,67-69,71,73,79,81-83,85-87,92-93,107-109,114H,15-18,21-25,28,30,34-55,57-58,60-61,63-64H2,1-11H3,(H2,100,101)/b14-12+,19-13+,66-20+,70-56+,102-91?/t65-,67-,68-,69-,71-,73+,79+,81+,82-,83-,85+,86+,87-,92-,93+,98-/m1/s1. The van der Waals surface area contributed by atoms with Crippen molar-refractivity contribution in [3.05, 3.63) is 119 Å². The first-order valence-corrected chi connectivity index (χ1v) is 48.5. The van der Waals surface area contributed by atoms with Gasteiger partial charge in [0.2, 0.25) is 5.79 Å². The topological polar surface area (TPSA) is 414 Å². The number of ether oxygens (including phenoxy) is 14. The summed E-state index contributed by atoms with van der Waals surface area (Å²) in [7, 11) is 0.467. The van der Waals surface area contributed by atoms with Crippen LogP contribution in [0.2, 0.25) is 0 Å². The predicted molar refractivity (Wildman–Crippen MR) is 492 cm³/mol. The van der Waals surface area contributed by atoms with E-state index in [0.717, 1.165) is 28.3 Å². The SMILES string of the molecule is CO[C@H]1C[C@@H]2CC[C@@H](C)[C@@](O)(O2)C(=O)C(=O)N2CCCC[C@H]2C(=O)O[C@H]([C@H](C)C[C@@H]2CC[C@@H](O)[C@H](OC)C2)C[C@@H](O)[C@H](C)/C=C(\C)[C@@H](O)[C@@H](OC)C(=NOCC(=O)CCCOCCOCCOCCOCCOCCOCCOCCOCCC(=O)CCCS(=O)(=O)c2ccc(C(=O)N3CCOc4ccc(-c5ccc(N)nc5)cc4C3)c(C)c2F)[C@H](C)C[C@H](C)/C=C/C=C/C=C/1C. The van der Waals surface area contributed by atoms with Crippen LogP contribution in [0.15, 0.2) is 106 Å². The van der Waals surface area contributed by atoms with E-state index in [1.807, 2.05) is 82.3 Å². The number of piperidine rings is 1. The van der Waals surface area contributed by atoms with Gasteiger partial charge >= 0.3 is 5.97 Å². The van der Waals surface area contributed by atoms with Gasteiger partial charge in [-0.3, -0.25) is 24.0 Å². The number of rotatable bonds is 44. The smallest absolute Gasteiger partial charge is 0.329 e. The Hall–Kier alpha value is -7.72. The number of aromatic nitrogens is 1. The Morgan fingerprint density at radius 2 is 1.33 bits per heavy atom. The van der Waals surface area contributed by atoms with Crippen molar-refractivity contribution in [1.29, 1.82) is 0 Å². The average molecular weight is 1880 g/mol. The van der Waals surface area contributed by atoms with Crippen molar-refractivity contribution < 1.29 is 133 Å². The highest BCUT2D eigenvalue weighted by Gasteiger charge is 2.53. The van der Waals surface area contributed by atoms with Crippen molar-refractivity contribution in [1.82, 2.24) is 14.8 Å². The van der Waals surface area contributed by atoms with Crippen molar-refractivity contribution in [3.63, 3.8) is 0 Å². The van der Waals surface area contributed by atoms with Crippen LogP contribution < -0.4 is 10.5 Å². The molecule has 1 aromatic heterocycles. The van der Waals surface area contributed by atoms with Gasteiger partial charge in [0.1, 0.15) is 59.0 Å². The number of carbonyl (C=O) groups excluding carboxylic acids is 6. The molecule has 3 aromatic rings. The van der Waals surface area contributed by atoms with Gasteiger partial charge in [-0.15, -0.1) is 0 Å². The molecule has 738 valence electrons. The van der Waals surface area contributed by atoms with Gasteiger partial charge in [-0.05, 0) is 174 Å². The second-order valence-corrected chi connectivity index (χ2v) is 37.4. The number of nitrogens with zero attached hydrogens (tertiary/aromatic N) is 4. The van der Waals surface area contributed by atoms with Crippen LogP contribution in [-0.4, -0.2) is 304 Å². The van der Waals surface area contributed by atoms with Crippen LogP contribution in [0, 0.1) is 48.2 Å². The molecule has 3 fully saturated rings. The van der Waals surface area contributed by atoms with Crippen molar-refractivity contribution in [2.45, 2.75) is 237 Å². The number of nitrogens with two attached hydrogens (primary N) is 1. The normalized spacial score (nSPS) is 27.3. The van der Waals surface area contributed by atoms with Crippen molar-refractivity contribution in [3.8, 4) is 16.9 Å². The average Bonchev–Trinajstić information content (AvgIpc) is 0.821. The third-order valence-corrected chi connectivity index (χ3v) is 27.0. The van der Waals surface area contributed by atoms with Crippen LogP contribution in [0.5, 0.6) is 5.75 Å². The molecule has 34 heteroatoms. The number of halogens is 1. The van der Waals surface area contributed by atoms with Crippen molar-refractivity contribution >= 4 is 56.5 Å². The van der Waals surface area contributed by atoms with Gasteiger partial charge in [0.15, 0.2) is 22.2 Å². The number of allylic oxidation sites excluding steroid dienone is 5. The number of anilines is 1. The molecule has 1 saturated carbocycles. The molecule has 0 radical (unpaired) electrons. The maximum Gasteiger partial charge on any atom is 0.329 e. The lowest BCUT2D eigenvalue weighted by Crippen LogP contribution is -2.61. The summed E-state index contributed by atoms with van der Waals surface area (Å²) >= 11 is 0. The summed E-state index contributed by atoms with van der Waals surface area (Å²) in [6.07, 6.45) is 12.5. The van der Waals surface area contributed by atoms with Crippen molar-refractivity contribution in [2.24, 2.45) is 40.7 Å². The highest BCUT2D eigenvalue weighted by atomic mass is 32.2. The number of amides is 2. The van der Waals surface area contributed by atoms with Crippen molar-refractivity contribution in [2.75, 3.05) is 165 Å². The molecule has 2 saturated heterocycles. The van der Waals surface area contributed by atoms with E-state index in [0.29, 0.717) is 173 Å². The maximum atomic E-state index is 15.8. The Bertz CT molecular complexity index is 4360. The van der Waals surface area contributed by atoms with Gasteiger partial charge < -0.3 is 107 Å². The third kappa shape index (κ3) is 34.8. The van der Waals surface area contributed by atoms with E-state index in [-0.39, 0.29) is 150 Å². The van der Waals surface area contributed by atoms with Crippen LogP contribution in [0.1, 0.15) is 179 Å². The van der Waals surface area contributed by atoms with Crippen LogP contribution in [0.3, 0.4) is 0 Å². The lowest BCUT2D eigenvalue weighted by molar-refractivity contribution is -0.265. The third-order valence-electron chi connectivity index (χ3n) is 25.2. The number of nitrogen functional groups attached to an aromatic ring is 1. The second-order valence-electron chi connectivity index (χ2n) is 35.4. The zero-order chi connectivity index (χ0) is 95.7. The molecule has 32 nitrogen and oxygen atoms in total. The minimum atomic E-state index is -4.13. The molecular weight excluding hydrogens is 1730 g/mol. The molecule has 6 N–H and O–H groups in total. The highest BCUT2D eigenvalue weighted by Crippen LogP contribution is 2.40. The summed E-state index contributed by atoms with van der Waals surface area (Å²) in [5.74, 6) is -8.71. The van der Waals surface area contributed by atoms with E-state index in [4.69, 9.17) is 76.9 Å². The first-order chi connectivity index (χ1) is 63.4.